The lowest BCUT2D eigenvalue weighted by atomic mass is 10.1. The maximum Gasteiger partial charge on any atom is 0.261 e. The van der Waals surface area contributed by atoms with E-state index in [1.54, 1.807) is 17.2 Å². The highest BCUT2D eigenvalue weighted by molar-refractivity contribution is 5.99. The summed E-state index contributed by atoms with van der Waals surface area (Å²) >= 11 is 0. The van der Waals surface area contributed by atoms with E-state index < -0.39 is 0 Å². The van der Waals surface area contributed by atoms with E-state index in [0.717, 1.165) is 28.4 Å². The van der Waals surface area contributed by atoms with Crippen molar-refractivity contribution >= 4 is 11.6 Å². The Hall–Kier alpha value is -3.22. The molecular weight excluding hydrogens is 316 g/mol. The number of benzene rings is 1. The van der Waals surface area contributed by atoms with Crippen LogP contribution in [0.2, 0.25) is 0 Å². The molecule has 3 aromatic rings. The molecule has 0 aliphatic heterocycles. The predicted molar refractivity (Wildman–Crippen MR) is 95.6 cm³/mol. The summed E-state index contributed by atoms with van der Waals surface area (Å²) in [6.07, 6.45) is 5.36. The molecule has 0 aliphatic rings. The zero-order valence-electron chi connectivity index (χ0n) is 14.5. The Morgan fingerprint density at radius 2 is 2.00 bits per heavy atom. The first-order valence-electron chi connectivity index (χ1n) is 7.96. The van der Waals surface area contributed by atoms with Crippen molar-refractivity contribution in [3.8, 4) is 5.69 Å². The molecule has 3 rings (SSSR count). The third-order valence-electron chi connectivity index (χ3n) is 3.83. The highest BCUT2D eigenvalue weighted by atomic mass is 16.2. The van der Waals surface area contributed by atoms with Crippen LogP contribution in [-0.4, -0.2) is 31.0 Å². The Bertz CT molecular complexity index is 890. The summed E-state index contributed by atoms with van der Waals surface area (Å²) in [6, 6.07) is 9.81. The molecule has 128 valence electrons. The Kier molecular flexibility index (Phi) is 4.74. The molecule has 0 unspecified atom stereocenters. The summed E-state index contributed by atoms with van der Waals surface area (Å²) in [6.45, 7) is 5.83. The lowest BCUT2D eigenvalue weighted by Gasteiger charge is -2.06. The predicted octanol–water partition coefficient (Wildman–Crippen LogP) is 2.23. The fraction of sp³-hybridized carbons (Fsp3) is 0.222. The van der Waals surface area contributed by atoms with Crippen molar-refractivity contribution in [2.45, 2.75) is 27.3 Å². The second-order valence-electron chi connectivity index (χ2n) is 5.83. The topological polar surface area (TPSA) is 77.1 Å². The Labute approximate surface area is 146 Å². The number of aryl methyl sites for hydroxylation is 2. The van der Waals surface area contributed by atoms with Gasteiger partial charge < -0.3 is 4.57 Å². The van der Waals surface area contributed by atoms with Crippen molar-refractivity contribution in [3.05, 3.63) is 66.0 Å². The molecule has 0 saturated heterocycles. The van der Waals surface area contributed by atoms with Crippen molar-refractivity contribution in [1.82, 2.24) is 24.8 Å². The number of aromatic nitrogens is 4. The maximum absolute atomic E-state index is 12.0. The van der Waals surface area contributed by atoms with Gasteiger partial charge in [-0.15, -0.1) is 0 Å². The molecule has 0 aliphatic carbocycles. The van der Waals surface area contributed by atoms with Crippen LogP contribution in [0.25, 0.3) is 5.69 Å². The number of carbonyl (C=O) groups excluding carboxylic acids is 1. The third-order valence-corrected chi connectivity index (χ3v) is 3.83. The van der Waals surface area contributed by atoms with Crippen LogP contribution < -0.4 is 5.43 Å². The number of hydrazone groups is 1. The zero-order valence-corrected chi connectivity index (χ0v) is 14.5. The van der Waals surface area contributed by atoms with E-state index >= 15 is 0 Å². The number of rotatable bonds is 5. The van der Waals surface area contributed by atoms with Gasteiger partial charge in [0.25, 0.3) is 5.91 Å². The fourth-order valence-corrected chi connectivity index (χ4v) is 2.50. The molecule has 7 nitrogen and oxygen atoms in total. The van der Waals surface area contributed by atoms with Crippen LogP contribution in [0.3, 0.4) is 0 Å². The number of amides is 1. The van der Waals surface area contributed by atoms with Gasteiger partial charge in [0.15, 0.2) is 0 Å². The van der Waals surface area contributed by atoms with Crippen LogP contribution in [0.1, 0.15) is 23.9 Å². The lowest BCUT2D eigenvalue weighted by Crippen LogP contribution is -2.25. The summed E-state index contributed by atoms with van der Waals surface area (Å²) in [5, 5.41) is 8.45. The van der Waals surface area contributed by atoms with Crippen LogP contribution in [0, 0.1) is 13.8 Å². The van der Waals surface area contributed by atoms with Gasteiger partial charge in [-0.25, -0.2) is 10.4 Å². The molecule has 2 aromatic heterocycles. The molecule has 25 heavy (non-hydrogen) atoms. The first kappa shape index (κ1) is 16.6. The maximum atomic E-state index is 12.0. The first-order chi connectivity index (χ1) is 12.0. The molecular formula is C18H20N6O. The number of nitrogens with one attached hydrogen (secondary N) is 1. The van der Waals surface area contributed by atoms with Gasteiger partial charge in [-0.3, -0.25) is 9.48 Å². The third kappa shape index (κ3) is 4.00. The van der Waals surface area contributed by atoms with Crippen LogP contribution in [0.4, 0.5) is 0 Å². The number of nitrogens with zero attached hydrogens (tertiary/aromatic N) is 5. The molecule has 0 spiro atoms. The summed E-state index contributed by atoms with van der Waals surface area (Å²) < 4.78 is 3.59. The average molecular weight is 336 g/mol. The molecule has 0 atom stereocenters. The summed E-state index contributed by atoms with van der Waals surface area (Å²) in [5.41, 5.74) is 7.11. The van der Waals surface area contributed by atoms with Gasteiger partial charge >= 0.3 is 0 Å². The van der Waals surface area contributed by atoms with Gasteiger partial charge in [0, 0.05) is 23.8 Å². The fourth-order valence-electron chi connectivity index (χ4n) is 2.50. The van der Waals surface area contributed by atoms with Gasteiger partial charge in [0.2, 0.25) is 0 Å². The van der Waals surface area contributed by atoms with Gasteiger partial charge in [0.05, 0.1) is 17.7 Å². The normalized spacial score (nSPS) is 11.6. The zero-order chi connectivity index (χ0) is 17.8. The molecule has 7 heteroatoms. The average Bonchev–Trinajstić information content (AvgIpc) is 3.23. The minimum absolute atomic E-state index is 0.149. The highest BCUT2D eigenvalue weighted by Gasteiger charge is 2.07. The van der Waals surface area contributed by atoms with Crippen molar-refractivity contribution < 1.29 is 4.79 Å². The van der Waals surface area contributed by atoms with Gasteiger partial charge in [-0.05, 0) is 44.5 Å². The van der Waals surface area contributed by atoms with Crippen LogP contribution >= 0.6 is 0 Å². The van der Waals surface area contributed by atoms with Crippen molar-refractivity contribution in [1.29, 1.82) is 0 Å². The van der Waals surface area contributed by atoms with E-state index in [-0.39, 0.29) is 12.5 Å². The molecule has 0 radical (unpaired) electrons. The standard InChI is InChI=1S/C18H20N6O/c1-13-10-14(2)24(22-13)11-18(25)21-20-15(3)16-4-6-17(7-5-16)23-9-8-19-12-23/h4-10,12H,11H2,1-3H3,(H,21,25)/b20-15+. The molecule has 1 amide bonds. The van der Waals surface area contributed by atoms with E-state index in [4.69, 9.17) is 0 Å². The van der Waals surface area contributed by atoms with Crippen molar-refractivity contribution in [2.24, 2.45) is 5.10 Å². The van der Waals surface area contributed by atoms with Gasteiger partial charge in [0.1, 0.15) is 6.54 Å². The van der Waals surface area contributed by atoms with Crippen molar-refractivity contribution in [3.63, 3.8) is 0 Å². The van der Waals surface area contributed by atoms with Crippen LogP contribution in [-0.2, 0) is 11.3 Å². The molecule has 1 aromatic carbocycles. The Balaban J connectivity index is 1.63. The second kappa shape index (κ2) is 7.12. The summed E-state index contributed by atoms with van der Waals surface area (Å²) in [5.74, 6) is -0.208. The molecule has 1 N–H and O–H groups in total. The van der Waals surface area contributed by atoms with E-state index in [0.29, 0.717) is 0 Å². The summed E-state index contributed by atoms with van der Waals surface area (Å²) in [7, 11) is 0. The van der Waals surface area contributed by atoms with E-state index in [9.17, 15) is 4.79 Å². The molecule has 0 saturated carbocycles. The number of imidazole rings is 1. The van der Waals surface area contributed by atoms with Gasteiger partial charge in [-0.2, -0.15) is 10.2 Å². The second-order valence-corrected chi connectivity index (χ2v) is 5.83. The van der Waals surface area contributed by atoms with Crippen LogP contribution in [0.5, 0.6) is 0 Å². The smallest absolute Gasteiger partial charge is 0.261 e. The quantitative estimate of drug-likeness (QED) is 0.573. The van der Waals surface area contributed by atoms with Crippen molar-refractivity contribution in [2.75, 3.05) is 0 Å². The molecule has 0 bridgehead atoms. The summed E-state index contributed by atoms with van der Waals surface area (Å²) in [4.78, 5) is 16.1. The van der Waals surface area contributed by atoms with Gasteiger partial charge in [-0.1, -0.05) is 12.1 Å². The Morgan fingerprint density at radius 3 is 2.60 bits per heavy atom. The first-order valence-corrected chi connectivity index (χ1v) is 7.96. The van der Waals surface area contributed by atoms with E-state index in [1.165, 1.54) is 0 Å². The molecule has 0 fully saturated rings. The highest BCUT2D eigenvalue weighted by Crippen LogP contribution is 2.10. The number of carbonyl (C=O) groups is 1. The van der Waals surface area contributed by atoms with E-state index in [1.807, 2.05) is 61.9 Å². The minimum atomic E-state index is -0.208. The molecule has 2 heterocycles. The number of hydrogen-bond donors (Lipinski definition) is 1. The Morgan fingerprint density at radius 1 is 1.24 bits per heavy atom. The van der Waals surface area contributed by atoms with E-state index in [2.05, 4.69) is 20.6 Å². The monoisotopic (exact) mass is 336 g/mol. The largest absolute Gasteiger partial charge is 0.306 e. The SMILES string of the molecule is C/C(=N\NC(=O)Cn1nc(C)cc1C)c1ccc(-n2ccnc2)cc1. The minimum Gasteiger partial charge on any atom is -0.306 e. The van der Waals surface area contributed by atoms with Crippen LogP contribution in [0.15, 0.2) is 54.2 Å². The lowest BCUT2D eigenvalue weighted by molar-refractivity contribution is -0.121. The number of hydrogen-bond acceptors (Lipinski definition) is 4.